The van der Waals surface area contributed by atoms with Crippen molar-refractivity contribution in [2.24, 2.45) is 5.41 Å². The van der Waals surface area contributed by atoms with E-state index in [4.69, 9.17) is 10.2 Å². The quantitative estimate of drug-likeness (QED) is 0.759. The van der Waals surface area contributed by atoms with E-state index in [-0.39, 0.29) is 0 Å². The van der Waals surface area contributed by atoms with Crippen molar-refractivity contribution >= 4 is 16.6 Å². The molecule has 0 radical (unpaired) electrons. The third kappa shape index (κ3) is 2.36. The Labute approximate surface area is 164 Å². The summed E-state index contributed by atoms with van der Waals surface area (Å²) >= 11 is 0. The Morgan fingerprint density at radius 2 is 1.86 bits per heavy atom. The van der Waals surface area contributed by atoms with Crippen LogP contribution < -0.4 is 10.2 Å². The predicted molar refractivity (Wildman–Crippen MR) is 111 cm³/mol. The second kappa shape index (κ2) is 5.80. The first-order valence-corrected chi connectivity index (χ1v) is 10.1. The predicted octanol–water partition coefficient (Wildman–Crippen LogP) is 4.06. The number of hydrogen-bond acceptors (Lipinski definition) is 4. The molecule has 3 fully saturated rings. The van der Waals surface area contributed by atoms with Crippen LogP contribution in [0.1, 0.15) is 29.9 Å². The second-order valence-electron chi connectivity index (χ2n) is 8.68. The molecular weight excluding hydrogens is 344 g/mol. The highest BCUT2D eigenvalue weighted by molar-refractivity contribution is 5.98. The number of aromatic nitrogens is 1. The lowest BCUT2D eigenvalue weighted by Crippen LogP contribution is -2.71. The number of para-hydroxylation sites is 1. The zero-order valence-corrected chi connectivity index (χ0v) is 15.8. The minimum atomic E-state index is 0.514. The van der Waals surface area contributed by atoms with Crippen molar-refractivity contribution in [3.8, 4) is 17.2 Å². The molecule has 0 amide bonds. The number of fused-ring (bicyclic) bond motifs is 1. The van der Waals surface area contributed by atoms with Crippen LogP contribution in [0.5, 0.6) is 0 Å². The van der Waals surface area contributed by atoms with E-state index < -0.39 is 0 Å². The van der Waals surface area contributed by atoms with Crippen molar-refractivity contribution in [1.82, 2.24) is 10.3 Å². The van der Waals surface area contributed by atoms with Crippen LogP contribution in [0.15, 0.2) is 48.7 Å². The van der Waals surface area contributed by atoms with Gasteiger partial charge in [-0.25, -0.2) is 0 Å². The summed E-state index contributed by atoms with van der Waals surface area (Å²) in [5.41, 5.74) is 7.41. The van der Waals surface area contributed by atoms with Gasteiger partial charge in [0.2, 0.25) is 0 Å². The maximum Gasteiger partial charge on any atom is 0.0991 e. The van der Waals surface area contributed by atoms with Crippen molar-refractivity contribution in [1.29, 1.82) is 5.26 Å². The summed E-state index contributed by atoms with van der Waals surface area (Å²) in [7, 11) is 0. The summed E-state index contributed by atoms with van der Waals surface area (Å²) < 4.78 is 0. The standard InChI is InChI=1S/C24H22N4/c25-10-16-4-6-17(7-5-16)19-2-1-3-20-22(18-8-9-18)21(11-27-23(19)20)28-14-24(15-28)12-26-13-24/h1-7,11,18,26H,8-9,12-15H2. The molecule has 0 atom stereocenters. The molecule has 4 heteroatoms. The lowest BCUT2D eigenvalue weighted by molar-refractivity contribution is 0.121. The van der Waals surface area contributed by atoms with Crippen molar-refractivity contribution < 1.29 is 0 Å². The largest absolute Gasteiger partial charge is 0.369 e. The first-order chi connectivity index (χ1) is 13.8. The number of anilines is 1. The summed E-state index contributed by atoms with van der Waals surface area (Å²) in [6.07, 6.45) is 4.68. The highest BCUT2D eigenvalue weighted by atomic mass is 15.3. The van der Waals surface area contributed by atoms with E-state index in [1.807, 2.05) is 24.3 Å². The summed E-state index contributed by atoms with van der Waals surface area (Å²) in [5.74, 6) is 0.674. The Bertz CT molecular complexity index is 1110. The Balaban J connectivity index is 1.46. The minimum absolute atomic E-state index is 0.514. The molecule has 3 aromatic rings. The fourth-order valence-electron chi connectivity index (χ4n) is 4.88. The molecule has 1 aliphatic carbocycles. The van der Waals surface area contributed by atoms with Gasteiger partial charge >= 0.3 is 0 Å². The normalized spacial score (nSPS) is 19.9. The van der Waals surface area contributed by atoms with Gasteiger partial charge in [0.15, 0.2) is 0 Å². The maximum atomic E-state index is 9.07. The molecule has 1 N–H and O–H groups in total. The fourth-order valence-corrected chi connectivity index (χ4v) is 4.88. The van der Waals surface area contributed by atoms with Crippen LogP contribution in [0.2, 0.25) is 0 Å². The summed E-state index contributed by atoms with van der Waals surface area (Å²) in [6.45, 7) is 4.63. The highest BCUT2D eigenvalue weighted by Crippen LogP contribution is 2.50. The summed E-state index contributed by atoms with van der Waals surface area (Å²) in [5, 5.41) is 13.8. The maximum absolute atomic E-state index is 9.07. The number of rotatable bonds is 3. The topological polar surface area (TPSA) is 52.0 Å². The monoisotopic (exact) mass is 366 g/mol. The van der Waals surface area contributed by atoms with Crippen molar-refractivity contribution in [2.45, 2.75) is 18.8 Å². The lowest BCUT2D eigenvalue weighted by Gasteiger charge is -2.57. The number of nitrogens with zero attached hydrogens (tertiary/aromatic N) is 3. The van der Waals surface area contributed by atoms with Gasteiger partial charge in [0.05, 0.1) is 29.0 Å². The highest BCUT2D eigenvalue weighted by Gasteiger charge is 2.48. The summed E-state index contributed by atoms with van der Waals surface area (Å²) in [4.78, 5) is 7.48. The van der Waals surface area contributed by atoms with Crippen molar-refractivity contribution in [3.05, 3.63) is 59.8 Å². The van der Waals surface area contributed by atoms with Gasteiger partial charge in [0.1, 0.15) is 0 Å². The number of hydrogen-bond donors (Lipinski definition) is 1. The molecule has 0 unspecified atom stereocenters. The van der Waals surface area contributed by atoms with E-state index in [1.165, 1.54) is 29.5 Å². The molecular formula is C24H22N4. The zero-order valence-electron chi connectivity index (χ0n) is 15.8. The first kappa shape index (κ1) is 16.1. The van der Waals surface area contributed by atoms with Crippen LogP contribution in [0.3, 0.4) is 0 Å². The van der Waals surface area contributed by atoms with Crippen LogP contribution >= 0.6 is 0 Å². The number of pyridine rings is 1. The number of nitrogens with one attached hydrogen (secondary N) is 1. The lowest BCUT2D eigenvalue weighted by atomic mass is 9.74. The number of nitriles is 1. The van der Waals surface area contributed by atoms with Crippen LogP contribution in [0.25, 0.3) is 22.0 Å². The molecule has 2 saturated heterocycles. The van der Waals surface area contributed by atoms with Gasteiger partial charge in [-0.2, -0.15) is 5.26 Å². The van der Waals surface area contributed by atoms with Crippen LogP contribution in [0.4, 0.5) is 5.69 Å². The first-order valence-electron chi connectivity index (χ1n) is 10.1. The molecule has 3 aliphatic rings. The van der Waals surface area contributed by atoms with Crippen molar-refractivity contribution in [3.63, 3.8) is 0 Å². The minimum Gasteiger partial charge on any atom is -0.369 e. The van der Waals surface area contributed by atoms with E-state index >= 15 is 0 Å². The number of benzene rings is 2. The van der Waals surface area contributed by atoms with Gasteiger partial charge in [-0.1, -0.05) is 30.3 Å². The molecule has 28 heavy (non-hydrogen) atoms. The summed E-state index contributed by atoms with van der Waals surface area (Å²) in [6, 6.07) is 16.6. The molecule has 1 saturated carbocycles. The van der Waals surface area contributed by atoms with E-state index in [0.29, 0.717) is 16.9 Å². The molecule has 2 aliphatic heterocycles. The molecule has 1 spiro atoms. The van der Waals surface area contributed by atoms with Crippen LogP contribution in [-0.4, -0.2) is 31.2 Å². The molecule has 1 aromatic heterocycles. The van der Waals surface area contributed by atoms with Gasteiger partial charge in [-0.15, -0.1) is 0 Å². The molecule has 4 nitrogen and oxygen atoms in total. The second-order valence-corrected chi connectivity index (χ2v) is 8.68. The Hall–Kier alpha value is -2.90. The van der Waals surface area contributed by atoms with E-state index in [0.717, 1.165) is 42.8 Å². The van der Waals surface area contributed by atoms with E-state index in [9.17, 15) is 0 Å². The molecule has 6 rings (SSSR count). The van der Waals surface area contributed by atoms with Crippen molar-refractivity contribution in [2.75, 3.05) is 31.1 Å². The molecule has 2 aromatic carbocycles. The molecule has 0 bridgehead atoms. The van der Waals surface area contributed by atoms with Gasteiger partial charge in [-0.05, 0) is 42.0 Å². The van der Waals surface area contributed by atoms with Crippen LogP contribution in [-0.2, 0) is 0 Å². The zero-order chi connectivity index (χ0) is 18.7. The van der Waals surface area contributed by atoms with Gasteiger partial charge in [0, 0.05) is 42.5 Å². The average molecular weight is 366 g/mol. The Kier molecular flexibility index (Phi) is 3.33. The molecule has 3 heterocycles. The Morgan fingerprint density at radius 3 is 2.50 bits per heavy atom. The van der Waals surface area contributed by atoms with Gasteiger partial charge in [-0.3, -0.25) is 4.98 Å². The third-order valence-electron chi connectivity index (χ3n) is 6.62. The Morgan fingerprint density at radius 1 is 1.07 bits per heavy atom. The van der Waals surface area contributed by atoms with Gasteiger partial charge < -0.3 is 10.2 Å². The average Bonchev–Trinajstić information content (AvgIpc) is 3.50. The van der Waals surface area contributed by atoms with E-state index in [1.54, 1.807) is 0 Å². The molecule has 138 valence electrons. The third-order valence-corrected chi connectivity index (χ3v) is 6.62. The SMILES string of the molecule is N#Cc1ccc(-c2cccc3c(C4CC4)c(N4CC5(CNC5)C4)cnc23)cc1. The fraction of sp³-hybridized carbons (Fsp3) is 0.333. The smallest absolute Gasteiger partial charge is 0.0991 e. The van der Waals surface area contributed by atoms with Gasteiger partial charge in [0.25, 0.3) is 0 Å². The van der Waals surface area contributed by atoms with E-state index in [2.05, 4.69) is 40.7 Å². The van der Waals surface area contributed by atoms with Crippen LogP contribution in [0, 0.1) is 16.7 Å².